The van der Waals surface area contributed by atoms with Gasteiger partial charge in [-0.15, -0.1) is 0 Å². The van der Waals surface area contributed by atoms with Crippen molar-refractivity contribution in [2.75, 3.05) is 5.73 Å². The fourth-order valence-electron chi connectivity index (χ4n) is 0.577. The monoisotopic (exact) mass is 176 g/mol. The average Bonchev–Trinajstić information content (AvgIpc) is 1.84. The molecule has 0 spiro atoms. The molecule has 1 aromatic heterocycles. The van der Waals surface area contributed by atoms with Crippen LogP contribution in [0.25, 0.3) is 0 Å². The van der Waals surface area contributed by atoms with Crippen molar-refractivity contribution in [2.24, 2.45) is 0 Å². The molecule has 0 unspecified atom stereocenters. The first-order chi connectivity index (χ1) is 4.61. The van der Waals surface area contributed by atoms with E-state index in [9.17, 15) is 0 Å². The summed E-state index contributed by atoms with van der Waals surface area (Å²) in [6, 6.07) is 1.58. The molecule has 1 aromatic rings. The van der Waals surface area contributed by atoms with Crippen molar-refractivity contribution in [1.29, 1.82) is 0 Å². The summed E-state index contributed by atoms with van der Waals surface area (Å²) >= 11 is 11.3. The standard InChI is InChI=1S/C6H6Cl2N2/c1-3-4(7)2-5(8)6(9)10-3/h2H,1H3,(H2,9,10). The summed E-state index contributed by atoms with van der Waals surface area (Å²) < 4.78 is 0. The number of nitrogens with zero attached hydrogens (tertiary/aromatic N) is 1. The molecule has 54 valence electrons. The molecule has 10 heavy (non-hydrogen) atoms. The molecule has 0 aliphatic rings. The smallest absolute Gasteiger partial charge is 0.142 e. The number of aryl methyl sites for hydroxylation is 1. The molecule has 0 amide bonds. The highest BCUT2D eigenvalue weighted by molar-refractivity contribution is 6.36. The predicted octanol–water partition coefficient (Wildman–Crippen LogP) is 2.28. The molecule has 1 heterocycles. The van der Waals surface area contributed by atoms with Crippen LogP contribution < -0.4 is 5.73 Å². The number of aromatic nitrogens is 1. The topological polar surface area (TPSA) is 38.9 Å². The van der Waals surface area contributed by atoms with Gasteiger partial charge in [0.1, 0.15) is 5.82 Å². The molecular formula is C6H6Cl2N2. The van der Waals surface area contributed by atoms with Crippen LogP contribution >= 0.6 is 23.2 Å². The summed E-state index contributed by atoms with van der Waals surface area (Å²) in [6.07, 6.45) is 0. The molecule has 0 aromatic carbocycles. The van der Waals surface area contributed by atoms with Gasteiger partial charge in [0, 0.05) is 0 Å². The largest absolute Gasteiger partial charge is 0.382 e. The van der Waals surface area contributed by atoms with Gasteiger partial charge in [-0.2, -0.15) is 0 Å². The van der Waals surface area contributed by atoms with E-state index in [2.05, 4.69) is 4.98 Å². The third-order valence-electron chi connectivity index (χ3n) is 1.13. The summed E-state index contributed by atoms with van der Waals surface area (Å²) in [5.74, 6) is 0.323. The molecule has 0 fully saturated rings. The number of nitrogen functional groups attached to an aromatic ring is 1. The fraction of sp³-hybridized carbons (Fsp3) is 0.167. The van der Waals surface area contributed by atoms with Crippen LogP contribution in [0.4, 0.5) is 5.82 Å². The van der Waals surface area contributed by atoms with Gasteiger partial charge in [0.25, 0.3) is 0 Å². The SMILES string of the molecule is Cc1nc(N)c(Cl)cc1Cl. The Morgan fingerprint density at radius 1 is 1.40 bits per heavy atom. The number of rotatable bonds is 0. The number of pyridine rings is 1. The van der Waals surface area contributed by atoms with E-state index in [0.717, 1.165) is 0 Å². The lowest BCUT2D eigenvalue weighted by atomic mass is 10.4. The van der Waals surface area contributed by atoms with Crippen LogP contribution in [0.15, 0.2) is 6.07 Å². The van der Waals surface area contributed by atoms with Crippen LogP contribution in [0.3, 0.4) is 0 Å². The van der Waals surface area contributed by atoms with Crippen LogP contribution in [0.1, 0.15) is 5.69 Å². The molecule has 1 rings (SSSR count). The summed E-state index contributed by atoms with van der Waals surface area (Å²) in [6.45, 7) is 1.77. The van der Waals surface area contributed by atoms with Crippen LogP contribution in [0, 0.1) is 6.92 Å². The Hall–Kier alpha value is -0.470. The van der Waals surface area contributed by atoms with Gasteiger partial charge < -0.3 is 5.73 Å². The summed E-state index contributed by atoms with van der Waals surface area (Å²) in [5, 5.41) is 0.940. The fourth-order valence-corrected chi connectivity index (χ4v) is 0.936. The van der Waals surface area contributed by atoms with Gasteiger partial charge in [-0.1, -0.05) is 23.2 Å². The Kier molecular flexibility index (Phi) is 2.02. The minimum Gasteiger partial charge on any atom is -0.382 e. The molecule has 0 atom stereocenters. The van der Waals surface area contributed by atoms with E-state index < -0.39 is 0 Å². The third-order valence-corrected chi connectivity index (χ3v) is 1.82. The van der Waals surface area contributed by atoms with Crippen LogP contribution in [0.2, 0.25) is 10.0 Å². The van der Waals surface area contributed by atoms with Crippen LogP contribution in [-0.4, -0.2) is 4.98 Å². The van der Waals surface area contributed by atoms with Crippen LogP contribution in [-0.2, 0) is 0 Å². The highest BCUT2D eigenvalue weighted by Crippen LogP contribution is 2.22. The maximum absolute atomic E-state index is 5.68. The second kappa shape index (κ2) is 2.64. The van der Waals surface area contributed by atoms with Crippen molar-refractivity contribution in [3.63, 3.8) is 0 Å². The number of hydrogen-bond acceptors (Lipinski definition) is 2. The Morgan fingerprint density at radius 2 is 2.00 bits per heavy atom. The molecule has 4 heteroatoms. The van der Waals surface area contributed by atoms with Gasteiger partial charge in [-0.25, -0.2) is 4.98 Å². The average molecular weight is 177 g/mol. The van der Waals surface area contributed by atoms with Gasteiger partial charge in [-0.3, -0.25) is 0 Å². The Balaban J connectivity index is 3.28. The first-order valence-electron chi connectivity index (χ1n) is 2.69. The number of anilines is 1. The highest BCUT2D eigenvalue weighted by Gasteiger charge is 2.01. The molecule has 0 aliphatic carbocycles. The van der Waals surface area contributed by atoms with E-state index in [1.54, 1.807) is 13.0 Å². The van der Waals surface area contributed by atoms with E-state index in [-0.39, 0.29) is 0 Å². The van der Waals surface area contributed by atoms with E-state index >= 15 is 0 Å². The normalized spacial score (nSPS) is 9.90. The third kappa shape index (κ3) is 1.33. The minimum absolute atomic E-state index is 0.323. The summed E-state index contributed by atoms with van der Waals surface area (Å²) in [5.41, 5.74) is 6.09. The van der Waals surface area contributed by atoms with Gasteiger partial charge in [-0.05, 0) is 13.0 Å². The zero-order valence-corrected chi connectivity index (χ0v) is 6.87. The molecular weight excluding hydrogens is 171 g/mol. The first kappa shape index (κ1) is 7.63. The van der Waals surface area contributed by atoms with Gasteiger partial charge >= 0.3 is 0 Å². The second-order valence-electron chi connectivity index (χ2n) is 1.92. The lowest BCUT2D eigenvalue weighted by molar-refractivity contribution is 1.21. The van der Waals surface area contributed by atoms with Crippen LogP contribution in [0.5, 0.6) is 0 Å². The van der Waals surface area contributed by atoms with E-state index in [0.29, 0.717) is 21.6 Å². The van der Waals surface area contributed by atoms with Gasteiger partial charge in [0.05, 0.1) is 15.7 Å². The van der Waals surface area contributed by atoms with Gasteiger partial charge in [0.15, 0.2) is 0 Å². The van der Waals surface area contributed by atoms with Crippen molar-refractivity contribution in [3.8, 4) is 0 Å². The maximum atomic E-state index is 5.68. The minimum atomic E-state index is 0.323. The van der Waals surface area contributed by atoms with E-state index in [1.165, 1.54) is 0 Å². The lowest BCUT2D eigenvalue weighted by Crippen LogP contribution is -1.93. The first-order valence-corrected chi connectivity index (χ1v) is 3.45. The molecule has 2 N–H and O–H groups in total. The van der Waals surface area contributed by atoms with Crippen molar-refractivity contribution >= 4 is 29.0 Å². The predicted molar refractivity (Wildman–Crippen MR) is 43.4 cm³/mol. The van der Waals surface area contributed by atoms with E-state index in [4.69, 9.17) is 28.9 Å². The highest BCUT2D eigenvalue weighted by atomic mass is 35.5. The maximum Gasteiger partial charge on any atom is 0.142 e. The van der Waals surface area contributed by atoms with Gasteiger partial charge in [0.2, 0.25) is 0 Å². The number of nitrogens with two attached hydrogens (primary N) is 1. The summed E-state index contributed by atoms with van der Waals surface area (Å²) in [4.78, 5) is 3.89. The zero-order valence-electron chi connectivity index (χ0n) is 5.36. The quantitative estimate of drug-likeness (QED) is 0.660. The molecule has 0 bridgehead atoms. The Bertz CT molecular complexity index is 210. The molecule has 0 saturated heterocycles. The Labute approximate surface area is 69.0 Å². The zero-order chi connectivity index (χ0) is 7.72. The molecule has 2 nitrogen and oxygen atoms in total. The van der Waals surface area contributed by atoms with Crippen molar-refractivity contribution in [2.45, 2.75) is 6.92 Å². The molecule has 0 saturated carbocycles. The molecule has 0 radical (unpaired) electrons. The molecule has 0 aliphatic heterocycles. The Morgan fingerprint density at radius 3 is 2.50 bits per heavy atom. The van der Waals surface area contributed by atoms with Crippen molar-refractivity contribution in [3.05, 3.63) is 21.8 Å². The lowest BCUT2D eigenvalue weighted by Gasteiger charge is -1.99. The summed E-state index contributed by atoms with van der Waals surface area (Å²) in [7, 11) is 0. The van der Waals surface area contributed by atoms with Crippen molar-refractivity contribution < 1.29 is 0 Å². The number of halogens is 2. The number of hydrogen-bond donors (Lipinski definition) is 1. The van der Waals surface area contributed by atoms with E-state index in [1.807, 2.05) is 0 Å². The van der Waals surface area contributed by atoms with Crippen molar-refractivity contribution in [1.82, 2.24) is 4.98 Å². The second-order valence-corrected chi connectivity index (χ2v) is 2.74.